The van der Waals surface area contributed by atoms with Gasteiger partial charge in [0.2, 0.25) is 0 Å². The topological polar surface area (TPSA) is 88.8 Å². The van der Waals surface area contributed by atoms with E-state index in [0.29, 0.717) is 12.5 Å². The molecule has 2 rings (SSSR count). The van der Waals surface area contributed by atoms with E-state index in [4.69, 9.17) is 4.74 Å². The molecule has 0 spiro atoms. The second kappa shape index (κ2) is 8.10. The van der Waals surface area contributed by atoms with Gasteiger partial charge in [-0.3, -0.25) is 10.1 Å². The molecular formula is C17H26N4O3. The molecule has 1 fully saturated rings. The van der Waals surface area contributed by atoms with E-state index < -0.39 is 4.92 Å². The third kappa shape index (κ3) is 6.16. The predicted molar refractivity (Wildman–Crippen MR) is 94.1 cm³/mol. The Morgan fingerprint density at radius 1 is 1.38 bits per heavy atom. The summed E-state index contributed by atoms with van der Waals surface area (Å²) in [5.41, 5.74) is 0.919. The lowest BCUT2D eigenvalue weighted by atomic mass is 10.1. The number of ether oxygens (including phenoxy) is 1. The van der Waals surface area contributed by atoms with Gasteiger partial charge in [-0.15, -0.1) is 0 Å². The van der Waals surface area contributed by atoms with Gasteiger partial charge in [-0.05, 0) is 32.8 Å². The Labute approximate surface area is 142 Å². The van der Waals surface area contributed by atoms with Gasteiger partial charge in [0.1, 0.15) is 0 Å². The fourth-order valence-corrected chi connectivity index (χ4v) is 2.37. The van der Waals surface area contributed by atoms with Crippen LogP contribution in [0.5, 0.6) is 0 Å². The Hall–Kier alpha value is -2.15. The minimum atomic E-state index is -0.398. The van der Waals surface area contributed by atoms with Crippen LogP contribution in [0.1, 0.15) is 32.8 Å². The summed E-state index contributed by atoms with van der Waals surface area (Å²) >= 11 is 0. The third-order valence-corrected chi connectivity index (χ3v) is 3.64. The second-order valence-corrected chi connectivity index (χ2v) is 7.07. The van der Waals surface area contributed by atoms with Crippen LogP contribution in [0, 0.1) is 16.0 Å². The minimum absolute atomic E-state index is 0.0927. The SMILES string of the molecule is CC(C)(C)NC(=NCc1ccc([N+](=O)[O-])cc1)NCC1CCOC1. The molecule has 0 aliphatic carbocycles. The van der Waals surface area contributed by atoms with Gasteiger partial charge >= 0.3 is 0 Å². The Balaban J connectivity index is 1.98. The van der Waals surface area contributed by atoms with Crippen molar-refractivity contribution in [2.24, 2.45) is 10.9 Å². The number of hydrogen-bond donors (Lipinski definition) is 2. The fraction of sp³-hybridized carbons (Fsp3) is 0.588. The van der Waals surface area contributed by atoms with Crippen LogP contribution in [0.25, 0.3) is 0 Å². The Bertz CT molecular complexity index is 572. The van der Waals surface area contributed by atoms with Crippen LogP contribution < -0.4 is 10.6 Å². The lowest BCUT2D eigenvalue weighted by Gasteiger charge is -2.25. The van der Waals surface area contributed by atoms with Crippen molar-refractivity contribution >= 4 is 11.6 Å². The summed E-state index contributed by atoms with van der Waals surface area (Å²) in [4.78, 5) is 14.9. The molecule has 1 saturated heterocycles. The highest BCUT2D eigenvalue weighted by atomic mass is 16.6. The van der Waals surface area contributed by atoms with Crippen molar-refractivity contribution in [2.45, 2.75) is 39.3 Å². The second-order valence-electron chi connectivity index (χ2n) is 7.07. The number of nitro benzene ring substituents is 1. The summed E-state index contributed by atoms with van der Waals surface area (Å²) in [6, 6.07) is 6.48. The van der Waals surface area contributed by atoms with Gasteiger partial charge in [-0.2, -0.15) is 0 Å². The van der Waals surface area contributed by atoms with Crippen LogP contribution in [0.15, 0.2) is 29.3 Å². The van der Waals surface area contributed by atoms with Crippen molar-refractivity contribution < 1.29 is 9.66 Å². The van der Waals surface area contributed by atoms with E-state index in [1.807, 2.05) is 0 Å². The summed E-state index contributed by atoms with van der Waals surface area (Å²) in [6.45, 7) is 9.14. The molecule has 24 heavy (non-hydrogen) atoms. The smallest absolute Gasteiger partial charge is 0.269 e. The number of aliphatic imine (C=N–C) groups is 1. The zero-order valence-corrected chi connectivity index (χ0v) is 14.5. The van der Waals surface area contributed by atoms with E-state index in [-0.39, 0.29) is 11.2 Å². The maximum atomic E-state index is 10.7. The minimum Gasteiger partial charge on any atom is -0.381 e. The zero-order valence-electron chi connectivity index (χ0n) is 14.5. The van der Waals surface area contributed by atoms with Crippen molar-refractivity contribution in [3.8, 4) is 0 Å². The number of guanidine groups is 1. The molecule has 132 valence electrons. The van der Waals surface area contributed by atoms with E-state index in [2.05, 4.69) is 36.4 Å². The molecule has 0 bridgehead atoms. The van der Waals surface area contributed by atoms with E-state index >= 15 is 0 Å². The number of nitro groups is 1. The monoisotopic (exact) mass is 334 g/mol. The van der Waals surface area contributed by atoms with Crippen molar-refractivity contribution in [3.05, 3.63) is 39.9 Å². The van der Waals surface area contributed by atoms with Gasteiger partial charge in [0, 0.05) is 36.7 Å². The zero-order chi connectivity index (χ0) is 17.6. The van der Waals surface area contributed by atoms with Gasteiger partial charge in [-0.1, -0.05) is 12.1 Å². The quantitative estimate of drug-likeness (QED) is 0.374. The van der Waals surface area contributed by atoms with E-state index in [0.717, 1.165) is 37.7 Å². The standard InChI is InChI=1S/C17H26N4O3/c1-17(2,3)20-16(19-11-14-8-9-24-12-14)18-10-13-4-6-15(7-5-13)21(22)23/h4-7,14H,8-12H2,1-3H3,(H2,18,19,20). The van der Waals surface area contributed by atoms with Gasteiger partial charge < -0.3 is 15.4 Å². The van der Waals surface area contributed by atoms with Gasteiger partial charge in [-0.25, -0.2) is 4.99 Å². The third-order valence-electron chi connectivity index (χ3n) is 3.64. The number of nitrogens with zero attached hydrogens (tertiary/aromatic N) is 2. The highest BCUT2D eigenvalue weighted by Gasteiger charge is 2.17. The lowest BCUT2D eigenvalue weighted by Crippen LogP contribution is -2.48. The van der Waals surface area contributed by atoms with Crippen molar-refractivity contribution in [3.63, 3.8) is 0 Å². The molecule has 0 radical (unpaired) electrons. The first kappa shape index (κ1) is 18.2. The van der Waals surface area contributed by atoms with Gasteiger partial charge in [0.25, 0.3) is 5.69 Å². The first-order valence-electron chi connectivity index (χ1n) is 8.21. The van der Waals surface area contributed by atoms with Gasteiger partial charge in [0.05, 0.1) is 18.1 Å². The predicted octanol–water partition coefficient (Wildman–Crippen LogP) is 2.47. The molecule has 1 aliphatic heterocycles. The summed E-state index contributed by atoms with van der Waals surface area (Å²) in [6.07, 6.45) is 1.07. The molecule has 0 aromatic heterocycles. The first-order chi connectivity index (χ1) is 11.3. The van der Waals surface area contributed by atoms with Crippen LogP contribution in [0.2, 0.25) is 0 Å². The van der Waals surface area contributed by atoms with Crippen LogP contribution in [0.3, 0.4) is 0 Å². The van der Waals surface area contributed by atoms with Crippen LogP contribution >= 0.6 is 0 Å². The largest absolute Gasteiger partial charge is 0.381 e. The Morgan fingerprint density at radius 2 is 2.08 bits per heavy atom. The highest BCUT2D eigenvalue weighted by Crippen LogP contribution is 2.13. The van der Waals surface area contributed by atoms with Crippen molar-refractivity contribution in [1.82, 2.24) is 10.6 Å². The maximum Gasteiger partial charge on any atom is 0.269 e. The molecule has 1 aliphatic rings. The highest BCUT2D eigenvalue weighted by molar-refractivity contribution is 5.80. The molecule has 2 N–H and O–H groups in total. The molecule has 0 saturated carbocycles. The van der Waals surface area contributed by atoms with E-state index in [1.165, 1.54) is 12.1 Å². The summed E-state index contributed by atoms with van der Waals surface area (Å²) in [7, 11) is 0. The van der Waals surface area contributed by atoms with E-state index in [1.54, 1.807) is 12.1 Å². The van der Waals surface area contributed by atoms with Crippen LogP contribution in [-0.4, -0.2) is 36.2 Å². The number of non-ortho nitro benzene ring substituents is 1. The molecule has 1 atom stereocenters. The average molecular weight is 334 g/mol. The molecule has 0 amide bonds. The number of hydrogen-bond acceptors (Lipinski definition) is 4. The van der Waals surface area contributed by atoms with E-state index in [9.17, 15) is 10.1 Å². The maximum absolute atomic E-state index is 10.7. The van der Waals surface area contributed by atoms with Gasteiger partial charge in [0.15, 0.2) is 5.96 Å². The Kier molecular flexibility index (Phi) is 6.14. The lowest BCUT2D eigenvalue weighted by molar-refractivity contribution is -0.384. The van der Waals surface area contributed by atoms with Crippen molar-refractivity contribution in [2.75, 3.05) is 19.8 Å². The average Bonchev–Trinajstić information content (AvgIpc) is 3.02. The van der Waals surface area contributed by atoms with Crippen LogP contribution in [0.4, 0.5) is 5.69 Å². The summed E-state index contributed by atoms with van der Waals surface area (Å²) in [5, 5.41) is 17.4. The molecule has 7 heteroatoms. The number of benzene rings is 1. The summed E-state index contributed by atoms with van der Waals surface area (Å²) < 4.78 is 5.39. The molecular weight excluding hydrogens is 308 g/mol. The molecule has 7 nitrogen and oxygen atoms in total. The normalized spacial score (nSPS) is 18.5. The van der Waals surface area contributed by atoms with Crippen molar-refractivity contribution in [1.29, 1.82) is 0 Å². The number of nitrogens with one attached hydrogen (secondary N) is 2. The Morgan fingerprint density at radius 3 is 2.62 bits per heavy atom. The first-order valence-corrected chi connectivity index (χ1v) is 8.21. The molecule has 1 aromatic rings. The van der Waals surface area contributed by atoms with Crippen LogP contribution in [-0.2, 0) is 11.3 Å². The molecule has 1 heterocycles. The molecule has 1 unspecified atom stereocenters. The number of rotatable bonds is 5. The summed E-state index contributed by atoms with van der Waals surface area (Å²) in [5.74, 6) is 1.25. The fourth-order valence-electron chi connectivity index (χ4n) is 2.37. The molecule has 1 aromatic carbocycles.